The van der Waals surface area contributed by atoms with Crippen LogP contribution in [-0.2, 0) is 19.4 Å². The number of non-ortho nitro benzene ring substituents is 1. The number of hydrogen-bond acceptors (Lipinski definition) is 6. The molecular formula is C29H31N3O4S. The van der Waals surface area contributed by atoms with E-state index >= 15 is 0 Å². The summed E-state index contributed by atoms with van der Waals surface area (Å²) in [5.74, 6) is 0.739. The molecule has 1 amide bonds. The molecule has 2 aliphatic carbocycles. The lowest BCUT2D eigenvalue weighted by atomic mass is 9.93. The minimum atomic E-state index is -0.414. The van der Waals surface area contributed by atoms with Gasteiger partial charge >= 0.3 is 0 Å². The van der Waals surface area contributed by atoms with Crippen molar-refractivity contribution in [2.24, 2.45) is 4.99 Å². The highest BCUT2D eigenvalue weighted by Crippen LogP contribution is 2.40. The van der Waals surface area contributed by atoms with Crippen molar-refractivity contribution < 1.29 is 14.5 Å². The zero-order chi connectivity index (χ0) is 25.6. The number of nitro groups is 1. The van der Waals surface area contributed by atoms with E-state index in [1.54, 1.807) is 23.5 Å². The molecule has 0 radical (unpaired) electrons. The van der Waals surface area contributed by atoms with Gasteiger partial charge in [0, 0.05) is 29.3 Å². The van der Waals surface area contributed by atoms with E-state index in [0.29, 0.717) is 12.4 Å². The molecule has 1 aromatic heterocycles. The van der Waals surface area contributed by atoms with Crippen molar-refractivity contribution in [3.8, 4) is 5.75 Å². The molecule has 2 aromatic carbocycles. The summed E-state index contributed by atoms with van der Waals surface area (Å²) in [7, 11) is 0. The van der Waals surface area contributed by atoms with Gasteiger partial charge < -0.3 is 10.1 Å². The third-order valence-corrected chi connectivity index (χ3v) is 8.28. The minimum Gasteiger partial charge on any atom is -0.489 e. The number of nitrogens with zero attached hydrogens (tertiary/aromatic N) is 2. The maximum atomic E-state index is 13.3. The molecule has 5 rings (SSSR count). The number of aliphatic imine (C=N–C) groups is 1. The molecule has 0 atom stereocenters. The van der Waals surface area contributed by atoms with Crippen LogP contribution in [-0.4, -0.2) is 23.1 Å². The quantitative estimate of drug-likeness (QED) is 0.199. The molecule has 1 heterocycles. The van der Waals surface area contributed by atoms with Gasteiger partial charge in [0.1, 0.15) is 17.4 Å². The molecule has 8 heteroatoms. The van der Waals surface area contributed by atoms with Crippen molar-refractivity contribution in [1.82, 2.24) is 5.32 Å². The van der Waals surface area contributed by atoms with E-state index in [1.807, 2.05) is 30.5 Å². The number of nitro benzene ring substituents is 1. The normalized spacial score (nSPS) is 15.9. The fraction of sp³-hybridized carbons (Fsp3) is 0.379. The lowest BCUT2D eigenvalue weighted by molar-refractivity contribution is -0.384. The highest BCUT2D eigenvalue weighted by molar-refractivity contribution is 7.16. The topological polar surface area (TPSA) is 93.8 Å². The summed E-state index contributed by atoms with van der Waals surface area (Å²) in [5.41, 5.74) is 3.83. The average Bonchev–Trinajstić information content (AvgIpc) is 3.31. The summed E-state index contributed by atoms with van der Waals surface area (Å²) >= 11 is 1.66. The molecular weight excluding hydrogens is 486 g/mol. The van der Waals surface area contributed by atoms with Gasteiger partial charge in [-0.25, -0.2) is 4.99 Å². The number of carbonyl (C=O) groups excluding carboxylic acids is 1. The number of hydrogen-bond donors (Lipinski definition) is 1. The van der Waals surface area contributed by atoms with Crippen LogP contribution in [0, 0.1) is 10.1 Å². The van der Waals surface area contributed by atoms with E-state index < -0.39 is 4.92 Å². The monoisotopic (exact) mass is 517 g/mol. The first-order valence-electron chi connectivity index (χ1n) is 13.0. The number of carbonyl (C=O) groups is 1. The van der Waals surface area contributed by atoms with Crippen LogP contribution in [0.5, 0.6) is 5.75 Å². The van der Waals surface area contributed by atoms with Crippen LogP contribution in [0.2, 0.25) is 0 Å². The van der Waals surface area contributed by atoms with Crippen LogP contribution in [0.15, 0.2) is 53.5 Å². The van der Waals surface area contributed by atoms with E-state index in [2.05, 4.69) is 5.32 Å². The van der Waals surface area contributed by atoms with Crippen molar-refractivity contribution in [2.75, 3.05) is 0 Å². The van der Waals surface area contributed by atoms with Gasteiger partial charge in [-0.1, -0.05) is 19.3 Å². The fourth-order valence-electron chi connectivity index (χ4n) is 5.04. The average molecular weight is 518 g/mol. The predicted molar refractivity (Wildman–Crippen MR) is 146 cm³/mol. The molecule has 0 saturated heterocycles. The van der Waals surface area contributed by atoms with Gasteiger partial charge in [0.05, 0.1) is 10.5 Å². The molecule has 1 fully saturated rings. The maximum absolute atomic E-state index is 13.3. The number of amides is 1. The Kier molecular flexibility index (Phi) is 7.94. The Morgan fingerprint density at radius 1 is 1.03 bits per heavy atom. The van der Waals surface area contributed by atoms with Crippen molar-refractivity contribution in [3.63, 3.8) is 0 Å². The Labute approximate surface area is 220 Å². The van der Waals surface area contributed by atoms with Crippen LogP contribution < -0.4 is 10.1 Å². The molecule has 37 heavy (non-hydrogen) atoms. The summed E-state index contributed by atoms with van der Waals surface area (Å²) in [6, 6.07) is 14.2. The zero-order valence-corrected chi connectivity index (χ0v) is 21.6. The van der Waals surface area contributed by atoms with Crippen LogP contribution in [0.3, 0.4) is 0 Å². The Hall–Kier alpha value is -3.52. The second-order valence-electron chi connectivity index (χ2n) is 9.74. The van der Waals surface area contributed by atoms with E-state index in [-0.39, 0.29) is 17.6 Å². The second-order valence-corrected chi connectivity index (χ2v) is 10.8. The van der Waals surface area contributed by atoms with Gasteiger partial charge in [-0.05, 0) is 91.6 Å². The van der Waals surface area contributed by atoms with Crippen LogP contribution in [0.1, 0.15) is 76.9 Å². The lowest BCUT2D eigenvalue weighted by Gasteiger charge is -2.23. The Morgan fingerprint density at radius 2 is 1.76 bits per heavy atom. The summed E-state index contributed by atoms with van der Waals surface area (Å²) < 4.78 is 5.82. The first-order chi connectivity index (χ1) is 18.1. The molecule has 3 aromatic rings. The fourth-order valence-corrected chi connectivity index (χ4v) is 6.28. The lowest BCUT2D eigenvalue weighted by Crippen LogP contribution is -2.36. The zero-order valence-electron chi connectivity index (χ0n) is 20.8. The molecule has 0 unspecified atom stereocenters. The minimum absolute atomic E-state index is 0.0356. The summed E-state index contributed by atoms with van der Waals surface area (Å²) in [6.07, 6.45) is 11.8. The van der Waals surface area contributed by atoms with Crippen LogP contribution in [0.4, 0.5) is 10.7 Å². The van der Waals surface area contributed by atoms with E-state index in [4.69, 9.17) is 9.73 Å². The molecule has 192 valence electrons. The summed E-state index contributed by atoms with van der Waals surface area (Å²) in [6.45, 7) is 0.325. The second kappa shape index (κ2) is 11.7. The molecule has 0 aliphatic heterocycles. The van der Waals surface area contributed by atoms with Gasteiger partial charge in [-0.15, -0.1) is 11.3 Å². The standard InChI is InChI=1S/C29H31N3O4S/c33-28(31-22-6-2-1-3-7-22)27-25-8-4-5-9-26(25)37-29(27)30-18-20-12-16-24(17-13-20)36-19-21-10-14-23(15-11-21)32(34)35/h10-18,22H,1-9,19H2,(H,31,33)/b30-18-. The summed E-state index contributed by atoms with van der Waals surface area (Å²) in [4.78, 5) is 29.8. The summed E-state index contributed by atoms with van der Waals surface area (Å²) in [5, 5.41) is 14.9. The number of fused-ring (bicyclic) bond motifs is 1. The highest BCUT2D eigenvalue weighted by atomic mass is 32.1. The number of benzene rings is 2. The Balaban J connectivity index is 1.26. The number of rotatable bonds is 8. The van der Waals surface area contributed by atoms with Crippen molar-refractivity contribution >= 4 is 34.1 Å². The largest absolute Gasteiger partial charge is 0.489 e. The SMILES string of the molecule is O=C(NC1CCCCC1)c1c(/N=C\c2ccc(OCc3ccc([N+](=O)[O-])cc3)cc2)sc2c1CCCC2. The molecule has 1 N–H and O–H groups in total. The Bertz CT molecular complexity index is 1280. The van der Waals surface area contributed by atoms with E-state index in [1.165, 1.54) is 48.3 Å². The van der Waals surface area contributed by atoms with Crippen LogP contribution in [0.25, 0.3) is 0 Å². The van der Waals surface area contributed by atoms with Crippen LogP contribution >= 0.6 is 11.3 Å². The number of nitrogens with one attached hydrogen (secondary N) is 1. The maximum Gasteiger partial charge on any atom is 0.269 e. The highest BCUT2D eigenvalue weighted by Gasteiger charge is 2.27. The smallest absolute Gasteiger partial charge is 0.269 e. The van der Waals surface area contributed by atoms with Crippen molar-refractivity contribution in [1.29, 1.82) is 0 Å². The van der Waals surface area contributed by atoms with Gasteiger partial charge in [0.25, 0.3) is 11.6 Å². The van der Waals surface area contributed by atoms with Crippen molar-refractivity contribution in [3.05, 3.63) is 85.8 Å². The molecule has 1 saturated carbocycles. The van der Waals surface area contributed by atoms with Gasteiger partial charge in [-0.3, -0.25) is 14.9 Å². The number of aryl methyl sites for hydroxylation is 1. The molecule has 0 bridgehead atoms. The number of thiophene rings is 1. The number of ether oxygens (including phenoxy) is 1. The first-order valence-corrected chi connectivity index (χ1v) is 13.8. The predicted octanol–water partition coefficient (Wildman–Crippen LogP) is 6.93. The van der Waals surface area contributed by atoms with E-state index in [9.17, 15) is 14.9 Å². The van der Waals surface area contributed by atoms with E-state index in [0.717, 1.165) is 53.8 Å². The molecule has 2 aliphatic rings. The van der Waals surface area contributed by atoms with Gasteiger partial charge in [0.2, 0.25) is 0 Å². The van der Waals surface area contributed by atoms with Gasteiger partial charge in [-0.2, -0.15) is 0 Å². The first kappa shape index (κ1) is 25.1. The van der Waals surface area contributed by atoms with Crippen molar-refractivity contribution in [2.45, 2.75) is 70.4 Å². The third-order valence-electron chi connectivity index (χ3n) is 7.08. The third kappa shape index (κ3) is 6.25. The van der Waals surface area contributed by atoms with Gasteiger partial charge in [0.15, 0.2) is 0 Å². The molecule has 7 nitrogen and oxygen atoms in total. The Morgan fingerprint density at radius 3 is 2.49 bits per heavy atom. The molecule has 0 spiro atoms.